The molecule has 4 rings (SSSR count). The molecule has 0 spiro atoms. The van der Waals surface area contributed by atoms with Crippen LogP contribution in [0.1, 0.15) is 15.9 Å². The molecule has 0 radical (unpaired) electrons. The first-order valence-electron chi connectivity index (χ1n) is 9.92. The lowest BCUT2D eigenvalue weighted by Gasteiger charge is -2.08. The largest absolute Gasteiger partial charge is 0.423 e. The van der Waals surface area contributed by atoms with Crippen LogP contribution in [-0.4, -0.2) is 11.9 Å². The molecule has 0 heterocycles. The van der Waals surface area contributed by atoms with Gasteiger partial charge in [-0.05, 0) is 52.7 Å². The lowest BCUT2D eigenvalue weighted by Crippen LogP contribution is -2.13. The number of carbonyl (C=O) groups excluding carboxylic acids is 2. The number of benzene rings is 4. The normalized spacial score (nSPS) is 10.9. The van der Waals surface area contributed by atoms with Crippen LogP contribution >= 0.6 is 0 Å². The second kappa shape index (κ2) is 9.41. The maximum Gasteiger partial charge on any atom is 0.344 e. The standard InChI is InChI=1S/C27H18N2O3/c28-18-21(26(30)29-22-11-2-1-3-12-22)16-19-8-6-13-23(17-19)32-27(31)25-15-7-10-20-9-4-5-14-24(20)25/h1-17H,(H,29,30)/b21-16+. The molecule has 0 fully saturated rings. The van der Waals surface area contributed by atoms with Gasteiger partial charge in [-0.2, -0.15) is 5.26 Å². The molecular formula is C27H18N2O3. The summed E-state index contributed by atoms with van der Waals surface area (Å²) in [7, 11) is 0. The van der Waals surface area contributed by atoms with Crippen molar-refractivity contribution in [2.75, 3.05) is 5.32 Å². The van der Waals surface area contributed by atoms with Gasteiger partial charge in [0.25, 0.3) is 5.91 Å². The van der Waals surface area contributed by atoms with E-state index < -0.39 is 11.9 Å². The molecule has 1 amide bonds. The van der Waals surface area contributed by atoms with Gasteiger partial charge in [-0.1, -0.05) is 66.7 Å². The van der Waals surface area contributed by atoms with Crippen molar-refractivity contribution in [1.29, 1.82) is 5.26 Å². The number of nitrogens with zero attached hydrogens (tertiary/aromatic N) is 1. The Balaban J connectivity index is 1.54. The van der Waals surface area contributed by atoms with Gasteiger partial charge < -0.3 is 10.1 Å². The van der Waals surface area contributed by atoms with Crippen molar-refractivity contribution in [3.63, 3.8) is 0 Å². The number of hydrogen-bond donors (Lipinski definition) is 1. The van der Waals surface area contributed by atoms with E-state index in [9.17, 15) is 14.9 Å². The second-order valence-electron chi connectivity index (χ2n) is 6.98. The summed E-state index contributed by atoms with van der Waals surface area (Å²) in [4.78, 5) is 25.2. The van der Waals surface area contributed by atoms with Gasteiger partial charge in [0.05, 0.1) is 5.56 Å². The molecule has 5 nitrogen and oxygen atoms in total. The van der Waals surface area contributed by atoms with E-state index in [1.165, 1.54) is 6.08 Å². The van der Waals surface area contributed by atoms with Crippen LogP contribution in [0.2, 0.25) is 0 Å². The summed E-state index contributed by atoms with van der Waals surface area (Å²) < 4.78 is 5.57. The maximum atomic E-state index is 12.8. The Bertz CT molecular complexity index is 1360. The van der Waals surface area contributed by atoms with Gasteiger partial charge in [-0.15, -0.1) is 0 Å². The van der Waals surface area contributed by atoms with E-state index in [-0.39, 0.29) is 5.57 Å². The molecule has 0 aliphatic heterocycles. The van der Waals surface area contributed by atoms with Gasteiger partial charge in [0.1, 0.15) is 17.4 Å². The fourth-order valence-corrected chi connectivity index (χ4v) is 3.27. The number of nitrogens with one attached hydrogen (secondary N) is 1. The van der Waals surface area contributed by atoms with Crippen LogP contribution in [-0.2, 0) is 4.79 Å². The first-order chi connectivity index (χ1) is 15.6. The highest BCUT2D eigenvalue weighted by molar-refractivity contribution is 6.09. The number of para-hydroxylation sites is 1. The first kappa shape index (κ1) is 20.6. The van der Waals surface area contributed by atoms with Crippen molar-refractivity contribution in [1.82, 2.24) is 0 Å². The van der Waals surface area contributed by atoms with Gasteiger partial charge in [-0.3, -0.25) is 4.79 Å². The van der Waals surface area contributed by atoms with E-state index in [1.54, 1.807) is 54.6 Å². The van der Waals surface area contributed by atoms with Crippen LogP contribution in [0.4, 0.5) is 5.69 Å². The molecule has 0 saturated heterocycles. The average Bonchev–Trinajstić information content (AvgIpc) is 2.83. The highest BCUT2D eigenvalue weighted by atomic mass is 16.5. The quantitative estimate of drug-likeness (QED) is 0.198. The Morgan fingerprint density at radius 1 is 0.844 bits per heavy atom. The zero-order valence-electron chi connectivity index (χ0n) is 17.0. The van der Waals surface area contributed by atoms with Gasteiger partial charge in [0.15, 0.2) is 0 Å². The Morgan fingerprint density at radius 2 is 1.56 bits per heavy atom. The number of nitriles is 1. The fraction of sp³-hybridized carbons (Fsp3) is 0. The van der Waals surface area contributed by atoms with E-state index in [0.29, 0.717) is 22.6 Å². The van der Waals surface area contributed by atoms with Crippen LogP contribution in [0.25, 0.3) is 16.8 Å². The zero-order valence-corrected chi connectivity index (χ0v) is 17.0. The summed E-state index contributed by atoms with van der Waals surface area (Å²) in [6, 6.07) is 30.5. The molecule has 0 atom stereocenters. The number of anilines is 1. The molecule has 0 aliphatic carbocycles. The topological polar surface area (TPSA) is 79.2 Å². The van der Waals surface area contributed by atoms with Crippen LogP contribution < -0.4 is 10.1 Å². The summed E-state index contributed by atoms with van der Waals surface area (Å²) in [6.07, 6.45) is 1.45. The summed E-state index contributed by atoms with van der Waals surface area (Å²) in [6.45, 7) is 0. The average molecular weight is 418 g/mol. The molecule has 4 aromatic rings. The smallest absolute Gasteiger partial charge is 0.344 e. The first-order valence-corrected chi connectivity index (χ1v) is 9.92. The van der Waals surface area contributed by atoms with E-state index in [2.05, 4.69) is 5.32 Å². The minimum Gasteiger partial charge on any atom is -0.423 e. The number of hydrogen-bond acceptors (Lipinski definition) is 4. The molecule has 4 aromatic carbocycles. The minimum absolute atomic E-state index is 0.0635. The number of amides is 1. The second-order valence-corrected chi connectivity index (χ2v) is 6.98. The highest BCUT2D eigenvalue weighted by Gasteiger charge is 2.13. The Kier molecular flexibility index (Phi) is 6.05. The van der Waals surface area contributed by atoms with Crippen molar-refractivity contribution in [2.24, 2.45) is 0 Å². The summed E-state index contributed by atoms with van der Waals surface area (Å²) in [5, 5.41) is 13.9. The molecule has 0 unspecified atom stereocenters. The Morgan fingerprint density at radius 3 is 2.38 bits per heavy atom. The van der Waals surface area contributed by atoms with Crippen molar-refractivity contribution in [3.05, 3.63) is 114 Å². The Hall–Kier alpha value is -4.69. The summed E-state index contributed by atoms with van der Waals surface area (Å²) in [5.74, 6) is -0.681. The molecule has 0 bridgehead atoms. The van der Waals surface area contributed by atoms with Crippen LogP contribution in [0.15, 0.2) is 103 Å². The molecule has 0 aromatic heterocycles. The highest BCUT2D eigenvalue weighted by Crippen LogP contribution is 2.22. The number of ether oxygens (including phenoxy) is 1. The van der Waals surface area contributed by atoms with Crippen molar-refractivity contribution in [3.8, 4) is 11.8 Å². The molecular weight excluding hydrogens is 400 g/mol. The van der Waals surface area contributed by atoms with Gasteiger partial charge >= 0.3 is 5.97 Å². The molecule has 1 N–H and O–H groups in total. The summed E-state index contributed by atoms with van der Waals surface area (Å²) >= 11 is 0. The third-order valence-electron chi connectivity index (χ3n) is 4.79. The van der Waals surface area contributed by atoms with Gasteiger partial charge in [0, 0.05) is 5.69 Å². The summed E-state index contributed by atoms with van der Waals surface area (Å²) in [5.41, 5.74) is 1.56. The maximum absolute atomic E-state index is 12.8. The molecule has 154 valence electrons. The lowest BCUT2D eigenvalue weighted by atomic mass is 10.0. The molecule has 0 aliphatic rings. The van der Waals surface area contributed by atoms with Gasteiger partial charge in [-0.25, -0.2) is 4.79 Å². The van der Waals surface area contributed by atoms with Crippen molar-refractivity contribution < 1.29 is 14.3 Å². The fourth-order valence-electron chi connectivity index (χ4n) is 3.27. The van der Waals surface area contributed by atoms with E-state index in [0.717, 1.165) is 10.8 Å². The van der Waals surface area contributed by atoms with Crippen molar-refractivity contribution >= 4 is 34.4 Å². The number of rotatable bonds is 5. The predicted molar refractivity (Wildman–Crippen MR) is 124 cm³/mol. The zero-order chi connectivity index (χ0) is 22.3. The van der Waals surface area contributed by atoms with E-state index in [4.69, 9.17) is 4.74 Å². The Labute approximate surface area is 185 Å². The molecule has 0 saturated carbocycles. The SMILES string of the molecule is N#C/C(=C\c1cccc(OC(=O)c2cccc3ccccc23)c1)C(=O)Nc1ccccc1. The molecule has 32 heavy (non-hydrogen) atoms. The molecule has 5 heteroatoms. The van der Waals surface area contributed by atoms with E-state index >= 15 is 0 Å². The van der Waals surface area contributed by atoms with Gasteiger partial charge in [0.2, 0.25) is 0 Å². The third kappa shape index (κ3) is 4.72. The van der Waals surface area contributed by atoms with Crippen molar-refractivity contribution in [2.45, 2.75) is 0 Å². The third-order valence-corrected chi connectivity index (χ3v) is 4.79. The monoisotopic (exact) mass is 418 g/mol. The predicted octanol–water partition coefficient (Wildman–Crippen LogP) is 5.60. The minimum atomic E-state index is -0.517. The number of carbonyl (C=O) groups is 2. The van der Waals surface area contributed by atoms with Crippen LogP contribution in [0.5, 0.6) is 5.75 Å². The van der Waals surface area contributed by atoms with Crippen LogP contribution in [0.3, 0.4) is 0 Å². The lowest BCUT2D eigenvalue weighted by molar-refractivity contribution is -0.112. The number of esters is 1. The van der Waals surface area contributed by atoms with Crippen LogP contribution in [0, 0.1) is 11.3 Å². The van der Waals surface area contributed by atoms with E-state index in [1.807, 2.05) is 48.5 Å². The number of fused-ring (bicyclic) bond motifs is 1.